The number of rotatable bonds is 4. The maximum absolute atomic E-state index is 12.2. The number of nitrogens with two attached hydrogens (primary N) is 1. The van der Waals surface area contributed by atoms with Crippen LogP contribution in [0.1, 0.15) is 37.3 Å². The minimum atomic E-state index is -0.0200. The summed E-state index contributed by atoms with van der Waals surface area (Å²) in [4.78, 5) is 14.0. The number of anilines is 1. The molecular weight excluding hydrogens is 212 g/mol. The number of benzene rings is 1. The predicted octanol–water partition coefficient (Wildman–Crippen LogP) is 2.05. The molecular formula is C14H20N2O. The molecule has 0 radical (unpaired) electrons. The van der Waals surface area contributed by atoms with E-state index >= 15 is 0 Å². The first-order valence-corrected chi connectivity index (χ1v) is 6.34. The molecule has 1 heterocycles. The number of para-hydroxylation sites is 1. The maximum Gasteiger partial charge on any atom is 0.234 e. The van der Waals surface area contributed by atoms with Gasteiger partial charge in [-0.3, -0.25) is 4.79 Å². The second-order valence-electron chi connectivity index (χ2n) is 4.61. The van der Waals surface area contributed by atoms with E-state index in [1.54, 1.807) is 0 Å². The second-order valence-corrected chi connectivity index (χ2v) is 4.61. The van der Waals surface area contributed by atoms with Gasteiger partial charge in [0, 0.05) is 13.1 Å². The van der Waals surface area contributed by atoms with Crippen LogP contribution in [0.3, 0.4) is 0 Å². The topological polar surface area (TPSA) is 46.3 Å². The Hall–Kier alpha value is -1.35. The molecule has 1 unspecified atom stereocenters. The molecule has 2 N–H and O–H groups in total. The summed E-state index contributed by atoms with van der Waals surface area (Å²) in [5.41, 5.74) is 9.16. The van der Waals surface area contributed by atoms with Crippen LogP contribution in [0.4, 0.5) is 5.69 Å². The molecule has 17 heavy (non-hydrogen) atoms. The molecule has 1 atom stereocenters. The molecule has 1 aliphatic rings. The van der Waals surface area contributed by atoms with Crippen molar-refractivity contribution in [3.05, 3.63) is 29.3 Å². The molecule has 0 aliphatic carbocycles. The van der Waals surface area contributed by atoms with Gasteiger partial charge in [0.2, 0.25) is 5.91 Å². The lowest BCUT2D eigenvalue weighted by Gasteiger charge is -2.19. The largest absolute Gasteiger partial charge is 0.329 e. The van der Waals surface area contributed by atoms with Crippen LogP contribution in [0.5, 0.6) is 0 Å². The van der Waals surface area contributed by atoms with Gasteiger partial charge in [-0.05, 0) is 24.5 Å². The summed E-state index contributed by atoms with van der Waals surface area (Å²) in [5.74, 6) is 0.169. The zero-order valence-corrected chi connectivity index (χ0v) is 10.6. The summed E-state index contributed by atoms with van der Waals surface area (Å²) in [7, 11) is 0. The average Bonchev–Trinajstić information content (AvgIpc) is 2.57. The highest BCUT2D eigenvalue weighted by atomic mass is 16.2. The van der Waals surface area contributed by atoms with Crippen molar-refractivity contribution in [3.8, 4) is 0 Å². The Kier molecular flexibility index (Phi) is 3.48. The number of fused-ring (bicyclic) bond motifs is 1. The summed E-state index contributed by atoms with van der Waals surface area (Å²) in [5, 5.41) is 0. The molecule has 1 aliphatic heterocycles. The van der Waals surface area contributed by atoms with E-state index in [2.05, 4.69) is 25.1 Å². The lowest BCUT2D eigenvalue weighted by Crippen LogP contribution is -2.33. The fraction of sp³-hybridized carbons (Fsp3) is 0.500. The highest BCUT2D eigenvalue weighted by Gasteiger charge is 2.34. The highest BCUT2D eigenvalue weighted by molar-refractivity contribution is 6.05. The normalized spacial score (nSPS) is 18.6. The predicted molar refractivity (Wildman–Crippen MR) is 70.3 cm³/mol. The summed E-state index contributed by atoms with van der Waals surface area (Å²) in [6.45, 7) is 5.27. The van der Waals surface area contributed by atoms with Crippen LogP contribution >= 0.6 is 0 Å². The summed E-state index contributed by atoms with van der Waals surface area (Å²) in [6, 6.07) is 6.24. The van der Waals surface area contributed by atoms with Crippen LogP contribution in [0.15, 0.2) is 18.2 Å². The smallest absolute Gasteiger partial charge is 0.234 e. The Morgan fingerprint density at radius 3 is 2.82 bits per heavy atom. The Morgan fingerprint density at radius 2 is 2.18 bits per heavy atom. The molecule has 2 rings (SSSR count). The van der Waals surface area contributed by atoms with Crippen molar-refractivity contribution in [2.24, 2.45) is 5.73 Å². The van der Waals surface area contributed by atoms with Crippen molar-refractivity contribution in [3.63, 3.8) is 0 Å². The van der Waals surface area contributed by atoms with Crippen LogP contribution in [-0.4, -0.2) is 19.0 Å². The van der Waals surface area contributed by atoms with Crippen molar-refractivity contribution >= 4 is 11.6 Å². The molecule has 92 valence electrons. The minimum Gasteiger partial charge on any atom is -0.329 e. The van der Waals surface area contributed by atoms with E-state index in [0.717, 1.165) is 24.1 Å². The molecule has 1 amide bonds. The molecule has 0 bridgehead atoms. The Bertz CT molecular complexity index is 428. The SMILES string of the molecule is CCCc1cccc2c1N(CCN)C(=O)C2C. The molecule has 3 nitrogen and oxygen atoms in total. The van der Waals surface area contributed by atoms with Crippen LogP contribution in [0, 0.1) is 0 Å². The van der Waals surface area contributed by atoms with Crippen LogP contribution in [-0.2, 0) is 11.2 Å². The molecule has 1 aromatic rings. The first kappa shape index (κ1) is 12.1. The van der Waals surface area contributed by atoms with Gasteiger partial charge < -0.3 is 10.6 Å². The van der Waals surface area contributed by atoms with E-state index in [4.69, 9.17) is 5.73 Å². The number of hydrogen-bond acceptors (Lipinski definition) is 2. The van der Waals surface area contributed by atoms with Crippen molar-refractivity contribution < 1.29 is 4.79 Å². The molecule has 3 heteroatoms. The third-order valence-corrected chi connectivity index (χ3v) is 3.40. The van der Waals surface area contributed by atoms with Gasteiger partial charge in [0.25, 0.3) is 0 Å². The summed E-state index contributed by atoms with van der Waals surface area (Å²) >= 11 is 0. The van der Waals surface area contributed by atoms with E-state index in [1.165, 1.54) is 5.56 Å². The van der Waals surface area contributed by atoms with Gasteiger partial charge in [-0.2, -0.15) is 0 Å². The van der Waals surface area contributed by atoms with Gasteiger partial charge in [0.05, 0.1) is 11.6 Å². The number of aryl methyl sites for hydroxylation is 1. The lowest BCUT2D eigenvalue weighted by atomic mass is 9.98. The molecule has 0 saturated heterocycles. The molecule has 0 spiro atoms. The summed E-state index contributed by atoms with van der Waals surface area (Å²) in [6.07, 6.45) is 2.11. The first-order chi connectivity index (χ1) is 8.20. The van der Waals surface area contributed by atoms with Gasteiger partial charge in [-0.15, -0.1) is 0 Å². The number of amides is 1. The van der Waals surface area contributed by atoms with Crippen LogP contribution in [0.25, 0.3) is 0 Å². The van der Waals surface area contributed by atoms with Crippen molar-refractivity contribution in [1.29, 1.82) is 0 Å². The van der Waals surface area contributed by atoms with E-state index in [9.17, 15) is 4.79 Å². The van der Waals surface area contributed by atoms with Gasteiger partial charge in [0.15, 0.2) is 0 Å². The first-order valence-electron chi connectivity index (χ1n) is 6.34. The van der Waals surface area contributed by atoms with Crippen LogP contribution in [0.2, 0.25) is 0 Å². The van der Waals surface area contributed by atoms with Gasteiger partial charge in [0.1, 0.15) is 0 Å². The minimum absolute atomic E-state index is 0.0200. The molecule has 0 saturated carbocycles. The van der Waals surface area contributed by atoms with E-state index in [1.807, 2.05) is 11.8 Å². The Balaban J connectivity index is 2.47. The Labute approximate surface area is 103 Å². The monoisotopic (exact) mass is 232 g/mol. The van der Waals surface area contributed by atoms with Crippen molar-refractivity contribution in [1.82, 2.24) is 0 Å². The average molecular weight is 232 g/mol. The van der Waals surface area contributed by atoms with Gasteiger partial charge in [-0.25, -0.2) is 0 Å². The fourth-order valence-corrected chi connectivity index (χ4v) is 2.59. The van der Waals surface area contributed by atoms with Crippen molar-refractivity contribution in [2.45, 2.75) is 32.6 Å². The lowest BCUT2D eigenvalue weighted by molar-refractivity contribution is -0.118. The van der Waals surface area contributed by atoms with Gasteiger partial charge >= 0.3 is 0 Å². The number of carbonyl (C=O) groups is 1. The molecule has 0 fully saturated rings. The number of carbonyl (C=O) groups excluding carboxylic acids is 1. The quantitative estimate of drug-likeness (QED) is 0.863. The summed E-state index contributed by atoms with van der Waals surface area (Å²) < 4.78 is 0. The fourth-order valence-electron chi connectivity index (χ4n) is 2.59. The second kappa shape index (κ2) is 4.88. The Morgan fingerprint density at radius 1 is 1.41 bits per heavy atom. The van der Waals surface area contributed by atoms with Gasteiger partial charge in [-0.1, -0.05) is 31.5 Å². The zero-order valence-electron chi connectivity index (χ0n) is 10.6. The third-order valence-electron chi connectivity index (χ3n) is 3.40. The standard InChI is InChI=1S/C14H20N2O/c1-3-5-11-6-4-7-12-10(2)14(17)16(9-8-15)13(11)12/h4,6-7,10H,3,5,8-9,15H2,1-2H3. The number of hydrogen-bond donors (Lipinski definition) is 1. The van der Waals surface area contributed by atoms with Crippen molar-refractivity contribution in [2.75, 3.05) is 18.0 Å². The molecule has 1 aromatic carbocycles. The maximum atomic E-state index is 12.2. The zero-order chi connectivity index (χ0) is 12.4. The van der Waals surface area contributed by atoms with Crippen LogP contribution < -0.4 is 10.6 Å². The van der Waals surface area contributed by atoms with E-state index in [0.29, 0.717) is 13.1 Å². The number of nitrogens with zero attached hydrogens (tertiary/aromatic N) is 1. The van der Waals surface area contributed by atoms with E-state index in [-0.39, 0.29) is 11.8 Å². The highest BCUT2D eigenvalue weighted by Crippen LogP contribution is 2.39. The molecule has 0 aromatic heterocycles. The third kappa shape index (κ3) is 1.95. The van der Waals surface area contributed by atoms with E-state index < -0.39 is 0 Å².